The van der Waals surface area contributed by atoms with Crippen LogP contribution in [-0.2, 0) is 4.79 Å². The highest BCUT2D eigenvalue weighted by Gasteiger charge is 2.13. The molecule has 0 fully saturated rings. The number of carbonyl (C=O) groups is 1. The third kappa shape index (κ3) is 4.60. The first-order valence-corrected chi connectivity index (χ1v) is 6.68. The zero-order valence-corrected chi connectivity index (χ0v) is 11.3. The van der Waals surface area contributed by atoms with Crippen molar-refractivity contribution >= 4 is 23.5 Å². The van der Waals surface area contributed by atoms with Crippen LogP contribution in [0.25, 0.3) is 0 Å². The number of thioether (sulfide) groups is 1. The molecular formula is C11H18N4OS. The normalized spacial score (nSPS) is 12.3. The van der Waals surface area contributed by atoms with Gasteiger partial charge in [-0.1, -0.05) is 0 Å². The van der Waals surface area contributed by atoms with E-state index < -0.39 is 0 Å². The molecule has 5 nitrogen and oxygen atoms in total. The van der Waals surface area contributed by atoms with E-state index in [9.17, 15) is 4.79 Å². The molecule has 0 saturated carbocycles. The third-order valence-corrected chi connectivity index (χ3v) is 2.68. The molecule has 94 valence electrons. The van der Waals surface area contributed by atoms with E-state index in [1.807, 2.05) is 26.2 Å². The standard InChI is InChI=1S/C11H18N4OS/c1-7(2)14-11(16)8(3)15-9-5-10(17-4)13-6-12-9/h5-8H,1-4H3,(H,14,16)(H,12,13,15). The molecule has 0 aliphatic rings. The fourth-order valence-corrected chi connectivity index (χ4v) is 1.61. The predicted molar refractivity (Wildman–Crippen MR) is 70.2 cm³/mol. The van der Waals surface area contributed by atoms with Crippen LogP contribution in [0.4, 0.5) is 5.82 Å². The Hall–Kier alpha value is -1.30. The number of hydrogen-bond donors (Lipinski definition) is 2. The molecule has 6 heteroatoms. The molecule has 0 spiro atoms. The molecule has 0 aliphatic carbocycles. The van der Waals surface area contributed by atoms with Gasteiger partial charge in [-0.3, -0.25) is 4.79 Å². The van der Waals surface area contributed by atoms with E-state index in [-0.39, 0.29) is 18.0 Å². The predicted octanol–water partition coefficient (Wildman–Crippen LogP) is 1.52. The Morgan fingerprint density at radius 3 is 2.65 bits per heavy atom. The minimum absolute atomic E-state index is 0.0377. The van der Waals surface area contributed by atoms with Gasteiger partial charge in [-0.25, -0.2) is 9.97 Å². The molecule has 17 heavy (non-hydrogen) atoms. The molecule has 1 aromatic heterocycles. The number of anilines is 1. The highest BCUT2D eigenvalue weighted by atomic mass is 32.2. The van der Waals surface area contributed by atoms with Gasteiger partial charge in [0, 0.05) is 12.1 Å². The zero-order chi connectivity index (χ0) is 12.8. The molecule has 1 amide bonds. The summed E-state index contributed by atoms with van der Waals surface area (Å²) in [7, 11) is 0. The third-order valence-electron chi connectivity index (χ3n) is 2.04. The Morgan fingerprint density at radius 2 is 2.06 bits per heavy atom. The van der Waals surface area contributed by atoms with E-state index in [4.69, 9.17) is 0 Å². The Bertz CT molecular complexity index is 383. The summed E-state index contributed by atoms with van der Waals surface area (Å²) in [6, 6.07) is 1.64. The summed E-state index contributed by atoms with van der Waals surface area (Å²) in [4.78, 5) is 19.8. The molecule has 1 rings (SSSR count). The minimum Gasteiger partial charge on any atom is -0.358 e. The Balaban J connectivity index is 2.60. The highest BCUT2D eigenvalue weighted by molar-refractivity contribution is 7.98. The van der Waals surface area contributed by atoms with E-state index in [1.165, 1.54) is 18.1 Å². The van der Waals surface area contributed by atoms with Crippen molar-refractivity contribution in [3.63, 3.8) is 0 Å². The van der Waals surface area contributed by atoms with Crippen molar-refractivity contribution in [2.45, 2.75) is 37.9 Å². The maximum atomic E-state index is 11.7. The van der Waals surface area contributed by atoms with Crippen LogP contribution in [0.2, 0.25) is 0 Å². The summed E-state index contributed by atoms with van der Waals surface area (Å²) in [6.45, 7) is 5.67. The lowest BCUT2D eigenvalue weighted by molar-refractivity contribution is -0.122. The first kappa shape index (κ1) is 13.8. The maximum Gasteiger partial charge on any atom is 0.242 e. The van der Waals surface area contributed by atoms with Gasteiger partial charge in [0.2, 0.25) is 5.91 Å². The van der Waals surface area contributed by atoms with E-state index in [1.54, 1.807) is 6.92 Å². The van der Waals surface area contributed by atoms with Gasteiger partial charge in [-0.15, -0.1) is 11.8 Å². The van der Waals surface area contributed by atoms with E-state index in [2.05, 4.69) is 20.6 Å². The van der Waals surface area contributed by atoms with Crippen LogP contribution in [0.15, 0.2) is 17.4 Å². The molecule has 1 unspecified atom stereocenters. The average Bonchev–Trinajstić information content (AvgIpc) is 2.28. The second-order valence-electron chi connectivity index (χ2n) is 3.97. The van der Waals surface area contributed by atoms with Crippen molar-refractivity contribution in [2.75, 3.05) is 11.6 Å². The largest absolute Gasteiger partial charge is 0.358 e. The monoisotopic (exact) mass is 254 g/mol. The molecule has 1 aromatic rings. The van der Waals surface area contributed by atoms with E-state index in [0.29, 0.717) is 5.82 Å². The van der Waals surface area contributed by atoms with Gasteiger partial charge in [-0.2, -0.15) is 0 Å². The summed E-state index contributed by atoms with van der Waals surface area (Å²) < 4.78 is 0. The fraction of sp³-hybridized carbons (Fsp3) is 0.545. The summed E-state index contributed by atoms with van der Waals surface area (Å²) in [5, 5.41) is 6.76. The van der Waals surface area contributed by atoms with Gasteiger partial charge in [0.15, 0.2) is 0 Å². The highest BCUT2D eigenvalue weighted by Crippen LogP contribution is 2.14. The van der Waals surface area contributed by atoms with E-state index >= 15 is 0 Å². The smallest absolute Gasteiger partial charge is 0.242 e. The van der Waals surface area contributed by atoms with Crippen LogP contribution in [0.1, 0.15) is 20.8 Å². The van der Waals surface area contributed by atoms with Gasteiger partial charge in [0.05, 0.1) is 0 Å². The van der Waals surface area contributed by atoms with Crippen molar-refractivity contribution < 1.29 is 4.79 Å². The quantitative estimate of drug-likeness (QED) is 0.616. The maximum absolute atomic E-state index is 11.7. The van der Waals surface area contributed by atoms with Crippen LogP contribution in [0.5, 0.6) is 0 Å². The first-order valence-electron chi connectivity index (χ1n) is 5.46. The molecule has 1 atom stereocenters. The van der Waals surface area contributed by atoms with Crippen LogP contribution in [0, 0.1) is 0 Å². The lowest BCUT2D eigenvalue weighted by Crippen LogP contribution is -2.41. The Morgan fingerprint density at radius 1 is 1.35 bits per heavy atom. The molecule has 0 bridgehead atoms. The summed E-state index contributed by atoms with van der Waals surface area (Å²) in [5.74, 6) is 0.625. The van der Waals surface area contributed by atoms with Crippen LogP contribution in [-0.4, -0.2) is 34.2 Å². The van der Waals surface area contributed by atoms with Crippen LogP contribution < -0.4 is 10.6 Å². The number of aromatic nitrogens is 2. The number of hydrogen-bond acceptors (Lipinski definition) is 5. The van der Waals surface area contributed by atoms with Crippen LogP contribution >= 0.6 is 11.8 Å². The number of amides is 1. The lowest BCUT2D eigenvalue weighted by Gasteiger charge is -2.16. The van der Waals surface area contributed by atoms with Gasteiger partial charge >= 0.3 is 0 Å². The van der Waals surface area contributed by atoms with Crippen molar-refractivity contribution in [1.29, 1.82) is 0 Å². The van der Waals surface area contributed by atoms with Crippen molar-refractivity contribution in [1.82, 2.24) is 15.3 Å². The first-order chi connectivity index (χ1) is 8.02. The molecule has 2 N–H and O–H groups in total. The number of nitrogens with one attached hydrogen (secondary N) is 2. The second kappa shape index (κ2) is 6.44. The molecule has 0 saturated heterocycles. The summed E-state index contributed by atoms with van der Waals surface area (Å²) >= 11 is 1.54. The van der Waals surface area contributed by atoms with Gasteiger partial charge in [-0.05, 0) is 27.0 Å². The number of carbonyl (C=O) groups excluding carboxylic acids is 1. The summed E-state index contributed by atoms with van der Waals surface area (Å²) in [5.41, 5.74) is 0. The fourth-order valence-electron chi connectivity index (χ4n) is 1.23. The van der Waals surface area contributed by atoms with Gasteiger partial charge < -0.3 is 10.6 Å². The van der Waals surface area contributed by atoms with E-state index in [0.717, 1.165) is 5.03 Å². The average molecular weight is 254 g/mol. The molecule has 1 heterocycles. The van der Waals surface area contributed by atoms with Gasteiger partial charge in [0.25, 0.3) is 0 Å². The minimum atomic E-state index is -0.318. The van der Waals surface area contributed by atoms with Crippen molar-refractivity contribution in [3.8, 4) is 0 Å². The van der Waals surface area contributed by atoms with Crippen molar-refractivity contribution in [3.05, 3.63) is 12.4 Å². The Kier molecular flexibility index (Phi) is 5.21. The second-order valence-corrected chi connectivity index (χ2v) is 4.80. The van der Waals surface area contributed by atoms with Crippen molar-refractivity contribution in [2.24, 2.45) is 0 Å². The zero-order valence-electron chi connectivity index (χ0n) is 10.5. The molecular weight excluding hydrogens is 236 g/mol. The van der Waals surface area contributed by atoms with Gasteiger partial charge in [0.1, 0.15) is 23.2 Å². The number of nitrogens with zero attached hydrogens (tertiary/aromatic N) is 2. The Labute approximate surface area is 106 Å². The molecule has 0 radical (unpaired) electrons. The molecule has 0 aliphatic heterocycles. The van der Waals surface area contributed by atoms with Crippen LogP contribution in [0.3, 0.4) is 0 Å². The molecule has 0 aromatic carbocycles. The SMILES string of the molecule is CSc1cc(NC(C)C(=O)NC(C)C)ncn1. The summed E-state index contributed by atoms with van der Waals surface area (Å²) in [6.07, 6.45) is 3.43. The lowest BCUT2D eigenvalue weighted by atomic mass is 10.3. The number of rotatable bonds is 5. The topological polar surface area (TPSA) is 66.9 Å².